The van der Waals surface area contributed by atoms with Gasteiger partial charge in [0.05, 0.1) is 6.61 Å². The van der Waals surface area contributed by atoms with Gasteiger partial charge in [-0.1, -0.05) is 0 Å². The van der Waals surface area contributed by atoms with Crippen LogP contribution in [0.15, 0.2) is 23.4 Å². The molecule has 0 fully saturated rings. The predicted molar refractivity (Wildman–Crippen MR) is 78.7 cm³/mol. The SMILES string of the molecule is COCCN(CCCc1ccnc(S(C)(=O)=O)c1)C(N)=O. The molecule has 0 atom stereocenters. The molecule has 7 nitrogen and oxygen atoms in total. The average Bonchev–Trinajstić information content (AvgIpc) is 2.41. The molecule has 0 aliphatic carbocycles. The van der Waals surface area contributed by atoms with Crippen molar-refractivity contribution in [1.82, 2.24) is 9.88 Å². The van der Waals surface area contributed by atoms with Gasteiger partial charge in [0.2, 0.25) is 0 Å². The Morgan fingerprint density at radius 3 is 2.71 bits per heavy atom. The molecule has 21 heavy (non-hydrogen) atoms. The Morgan fingerprint density at radius 2 is 2.14 bits per heavy atom. The second-order valence-electron chi connectivity index (χ2n) is 4.70. The summed E-state index contributed by atoms with van der Waals surface area (Å²) in [5, 5.41) is 0.0612. The zero-order valence-corrected chi connectivity index (χ0v) is 13.1. The van der Waals surface area contributed by atoms with E-state index in [0.717, 1.165) is 11.8 Å². The number of nitrogens with zero attached hydrogens (tertiary/aromatic N) is 2. The van der Waals surface area contributed by atoms with Gasteiger partial charge >= 0.3 is 6.03 Å². The van der Waals surface area contributed by atoms with Gasteiger partial charge < -0.3 is 15.4 Å². The van der Waals surface area contributed by atoms with Crippen molar-refractivity contribution in [3.05, 3.63) is 23.9 Å². The van der Waals surface area contributed by atoms with Gasteiger partial charge in [0.15, 0.2) is 14.9 Å². The highest BCUT2D eigenvalue weighted by Crippen LogP contribution is 2.10. The topological polar surface area (TPSA) is 103 Å². The van der Waals surface area contributed by atoms with E-state index < -0.39 is 15.9 Å². The number of carbonyl (C=O) groups excluding carboxylic acids is 1. The summed E-state index contributed by atoms with van der Waals surface area (Å²) in [4.78, 5) is 16.6. The number of rotatable bonds is 8. The van der Waals surface area contributed by atoms with Crippen LogP contribution in [-0.2, 0) is 21.0 Å². The largest absolute Gasteiger partial charge is 0.383 e. The first-order chi connectivity index (χ1) is 9.84. The first kappa shape index (κ1) is 17.4. The third kappa shape index (κ3) is 6.09. The van der Waals surface area contributed by atoms with Crippen LogP contribution in [0.25, 0.3) is 0 Å². The van der Waals surface area contributed by atoms with Crippen molar-refractivity contribution in [2.45, 2.75) is 17.9 Å². The number of aryl methyl sites for hydroxylation is 1. The number of primary amides is 1. The fourth-order valence-corrected chi connectivity index (χ4v) is 2.43. The summed E-state index contributed by atoms with van der Waals surface area (Å²) in [6.07, 6.45) is 3.92. The molecule has 1 aromatic heterocycles. The fraction of sp³-hybridized carbons (Fsp3) is 0.538. The molecule has 118 valence electrons. The van der Waals surface area contributed by atoms with Crippen LogP contribution < -0.4 is 5.73 Å². The third-order valence-electron chi connectivity index (χ3n) is 2.95. The molecule has 0 spiro atoms. The summed E-state index contributed by atoms with van der Waals surface area (Å²) < 4.78 is 27.8. The van der Waals surface area contributed by atoms with Crippen molar-refractivity contribution in [2.24, 2.45) is 5.73 Å². The van der Waals surface area contributed by atoms with Gasteiger partial charge in [-0.3, -0.25) is 0 Å². The monoisotopic (exact) mass is 315 g/mol. The fourth-order valence-electron chi connectivity index (χ4n) is 1.82. The van der Waals surface area contributed by atoms with Crippen molar-refractivity contribution >= 4 is 15.9 Å². The number of aromatic nitrogens is 1. The second kappa shape index (κ2) is 7.94. The third-order valence-corrected chi connectivity index (χ3v) is 3.93. The van der Waals surface area contributed by atoms with Gasteiger partial charge in [-0.2, -0.15) is 0 Å². The molecular weight excluding hydrogens is 294 g/mol. The minimum absolute atomic E-state index is 0.0612. The quantitative estimate of drug-likeness (QED) is 0.750. The van der Waals surface area contributed by atoms with Gasteiger partial charge in [-0.25, -0.2) is 18.2 Å². The summed E-state index contributed by atoms with van der Waals surface area (Å²) in [5.74, 6) is 0. The maximum Gasteiger partial charge on any atom is 0.314 e. The molecule has 0 saturated carbocycles. The Kier molecular flexibility index (Phi) is 6.57. The van der Waals surface area contributed by atoms with Crippen molar-refractivity contribution in [2.75, 3.05) is 33.1 Å². The molecule has 2 amide bonds. The lowest BCUT2D eigenvalue weighted by Gasteiger charge is -2.19. The van der Waals surface area contributed by atoms with E-state index >= 15 is 0 Å². The number of pyridine rings is 1. The van der Waals surface area contributed by atoms with E-state index in [-0.39, 0.29) is 5.03 Å². The normalized spacial score (nSPS) is 11.3. The first-order valence-corrected chi connectivity index (χ1v) is 8.42. The summed E-state index contributed by atoms with van der Waals surface area (Å²) >= 11 is 0. The van der Waals surface area contributed by atoms with E-state index in [1.54, 1.807) is 19.2 Å². The van der Waals surface area contributed by atoms with Crippen LogP contribution >= 0.6 is 0 Å². The molecule has 1 rings (SSSR count). The van der Waals surface area contributed by atoms with Gasteiger partial charge in [0.25, 0.3) is 0 Å². The molecular formula is C13H21N3O4S. The number of hydrogen-bond donors (Lipinski definition) is 1. The second-order valence-corrected chi connectivity index (χ2v) is 6.66. The van der Waals surface area contributed by atoms with E-state index in [0.29, 0.717) is 32.5 Å². The molecule has 0 radical (unpaired) electrons. The molecule has 2 N–H and O–H groups in total. The molecule has 0 aliphatic rings. The maximum atomic E-state index is 11.4. The summed E-state index contributed by atoms with van der Waals surface area (Å²) in [7, 11) is -1.75. The summed E-state index contributed by atoms with van der Waals surface area (Å²) in [6.45, 7) is 1.36. The molecule has 0 saturated heterocycles. The lowest BCUT2D eigenvalue weighted by atomic mass is 10.1. The van der Waals surface area contributed by atoms with Crippen LogP contribution in [0.3, 0.4) is 0 Å². The van der Waals surface area contributed by atoms with E-state index in [2.05, 4.69) is 4.98 Å². The molecule has 0 aliphatic heterocycles. The molecule has 0 unspecified atom stereocenters. The van der Waals surface area contributed by atoms with E-state index in [4.69, 9.17) is 10.5 Å². The highest BCUT2D eigenvalue weighted by atomic mass is 32.2. The van der Waals surface area contributed by atoms with Crippen LogP contribution in [0.5, 0.6) is 0 Å². The van der Waals surface area contributed by atoms with Crippen LogP contribution in [-0.4, -0.2) is 57.4 Å². The lowest BCUT2D eigenvalue weighted by Crippen LogP contribution is -2.38. The number of ether oxygens (including phenoxy) is 1. The van der Waals surface area contributed by atoms with E-state index in [9.17, 15) is 13.2 Å². The standard InChI is InChI=1S/C13H21N3O4S/c1-20-9-8-16(13(14)17)7-3-4-11-5-6-15-12(10-11)21(2,18)19/h5-6,10H,3-4,7-9H2,1-2H3,(H2,14,17). The molecule has 8 heteroatoms. The smallest absolute Gasteiger partial charge is 0.314 e. The average molecular weight is 315 g/mol. The van der Waals surface area contributed by atoms with Gasteiger partial charge in [0, 0.05) is 32.7 Å². The highest BCUT2D eigenvalue weighted by Gasteiger charge is 2.11. The van der Waals surface area contributed by atoms with Crippen LogP contribution in [0, 0.1) is 0 Å². The Balaban J connectivity index is 2.57. The van der Waals surface area contributed by atoms with E-state index in [1.807, 2.05) is 0 Å². The molecule has 0 aromatic carbocycles. The summed E-state index contributed by atoms with van der Waals surface area (Å²) in [5.41, 5.74) is 6.14. The predicted octanol–water partition coefficient (Wildman–Crippen LogP) is 0.445. The Labute approximate surface area is 125 Å². The Hall–Kier alpha value is -1.67. The minimum Gasteiger partial charge on any atom is -0.383 e. The number of carbonyl (C=O) groups is 1. The Morgan fingerprint density at radius 1 is 1.43 bits per heavy atom. The van der Waals surface area contributed by atoms with Crippen LogP contribution in [0.1, 0.15) is 12.0 Å². The van der Waals surface area contributed by atoms with Gasteiger partial charge in [0.1, 0.15) is 0 Å². The number of amides is 2. The maximum absolute atomic E-state index is 11.4. The summed E-state index contributed by atoms with van der Waals surface area (Å²) in [6, 6.07) is 2.83. The molecule has 0 bridgehead atoms. The number of urea groups is 1. The van der Waals surface area contributed by atoms with Crippen molar-refractivity contribution in [3.63, 3.8) is 0 Å². The lowest BCUT2D eigenvalue weighted by molar-refractivity contribution is 0.153. The minimum atomic E-state index is -3.30. The van der Waals surface area contributed by atoms with Crippen molar-refractivity contribution in [3.8, 4) is 0 Å². The number of nitrogens with two attached hydrogens (primary N) is 1. The van der Waals surface area contributed by atoms with Crippen molar-refractivity contribution < 1.29 is 17.9 Å². The van der Waals surface area contributed by atoms with Gasteiger partial charge in [-0.15, -0.1) is 0 Å². The highest BCUT2D eigenvalue weighted by molar-refractivity contribution is 7.90. The zero-order valence-electron chi connectivity index (χ0n) is 12.3. The number of sulfone groups is 1. The number of methoxy groups -OCH3 is 1. The van der Waals surface area contributed by atoms with E-state index in [1.165, 1.54) is 11.1 Å². The van der Waals surface area contributed by atoms with Gasteiger partial charge in [-0.05, 0) is 30.5 Å². The molecule has 1 aromatic rings. The number of hydrogen-bond acceptors (Lipinski definition) is 5. The van der Waals surface area contributed by atoms with Crippen molar-refractivity contribution in [1.29, 1.82) is 0 Å². The Bertz CT molecular complexity index is 575. The van der Waals surface area contributed by atoms with Crippen LogP contribution in [0.4, 0.5) is 4.79 Å². The van der Waals surface area contributed by atoms with Crippen LogP contribution in [0.2, 0.25) is 0 Å². The molecule has 1 heterocycles. The zero-order chi connectivity index (χ0) is 15.9. The first-order valence-electron chi connectivity index (χ1n) is 6.53.